The summed E-state index contributed by atoms with van der Waals surface area (Å²) in [6.45, 7) is 8.90. The van der Waals surface area contributed by atoms with Crippen LogP contribution in [-0.4, -0.2) is 0 Å². The van der Waals surface area contributed by atoms with Crippen LogP contribution in [0.5, 0.6) is 0 Å². The second-order valence-electron chi connectivity index (χ2n) is 6.92. The van der Waals surface area contributed by atoms with Crippen molar-refractivity contribution in [1.82, 2.24) is 0 Å². The van der Waals surface area contributed by atoms with Crippen LogP contribution in [0.25, 0.3) is 6.08 Å². The second kappa shape index (κ2) is 6.99. The minimum absolute atomic E-state index is 0.345. The Hall–Kier alpha value is -2.43. The van der Waals surface area contributed by atoms with Gasteiger partial charge in [-0.2, -0.15) is 0 Å². The Balaban J connectivity index is 1.96. The predicted molar refractivity (Wildman–Crippen MR) is 104 cm³/mol. The van der Waals surface area contributed by atoms with Gasteiger partial charge in [0.15, 0.2) is 0 Å². The van der Waals surface area contributed by atoms with Gasteiger partial charge in [0.25, 0.3) is 0 Å². The highest BCUT2D eigenvalue weighted by Gasteiger charge is 2.33. The van der Waals surface area contributed by atoms with Crippen molar-refractivity contribution in [3.8, 4) is 0 Å². The van der Waals surface area contributed by atoms with Crippen LogP contribution in [0.3, 0.4) is 0 Å². The van der Waals surface area contributed by atoms with Crippen molar-refractivity contribution in [2.75, 3.05) is 0 Å². The molecule has 0 bridgehead atoms. The topological polar surface area (TPSA) is 0 Å². The highest BCUT2D eigenvalue weighted by Crippen LogP contribution is 2.41. The molecule has 0 heteroatoms. The summed E-state index contributed by atoms with van der Waals surface area (Å²) < 4.78 is 0. The molecule has 120 valence electrons. The molecule has 0 fully saturated rings. The lowest BCUT2D eigenvalue weighted by Crippen LogP contribution is -2.02. The highest BCUT2D eigenvalue weighted by molar-refractivity contribution is 5.59. The summed E-state index contributed by atoms with van der Waals surface area (Å²) in [5, 5.41) is 0. The third kappa shape index (κ3) is 3.40. The molecule has 1 unspecified atom stereocenters. The number of allylic oxidation sites excluding steroid dienone is 8. The molecule has 2 aliphatic carbocycles. The van der Waals surface area contributed by atoms with E-state index in [0.29, 0.717) is 11.8 Å². The van der Waals surface area contributed by atoms with E-state index in [4.69, 9.17) is 0 Å². The molecule has 2 aliphatic rings. The summed E-state index contributed by atoms with van der Waals surface area (Å²) >= 11 is 0. The van der Waals surface area contributed by atoms with E-state index in [0.717, 1.165) is 0 Å². The Morgan fingerprint density at radius 2 is 1.88 bits per heavy atom. The maximum atomic E-state index is 3.69. The largest absolute Gasteiger partial charge is 0.117 e. The Labute approximate surface area is 146 Å². The lowest BCUT2D eigenvalue weighted by atomic mass is 9.89. The van der Waals surface area contributed by atoms with Crippen molar-refractivity contribution < 1.29 is 0 Å². The van der Waals surface area contributed by atoms with Crippen LogP contribution in [0.2, 0.25) is 0 Å². The maximum absolute atomic E-state index is 3.69. The lowest BCUT2D eigenvalue weighted by Gasteiger charge is -2.08. The molecule has 1 atom stereocenters. The molecule has 0 saturated carbocycles. The first-order valence-corrected chi connectivity index (χ1v) is 8.70. The van der Waals surface area contributed by atoms with Gasteiger partial charge in [-0.3, -0.25) is 0 Å². The van der Waals surface area contributed by atoms with Crippen molar-refractivity contribution in [2.24, 2.45) is 11.8 Å². The van der Waals surface area contributed by atoms with Gasteiger partial charge < -0.3 is 0 Å². The zero-order valence-corrected chi connectivity index (χ0v) is 15.0. The third-order valence-electron chi connectivity index (χ3n) is 4.69. The van der Waals surface area contributed by atoms with Crippen molar-refractivity contribution in [2.45, 2.75) is 27.7 Å². The third-order valence-corrected chi connectivity index (χ3v) is 4.69. The molecule has 3 rings (SSSR count). The molecule has 0 nitrogen and oxygen atoms in total. The lowest BCUT2D eigenvalue weighted by molar-refractivity contribution is 0.783. The summed E-state index contributed by atoms with van der Waals surface area (Å²) in [7, 11) is 0. The van der Waals surface area contributed by atoms with E-state index in [1.54, 1.807) is 0 Å². The number of rotatable bonds is 3. The molecule has 0 N–H and O–H groups in total. The number of benzene rings is 1. The molecule has 0 heterocycles. The fourth-order valence-electron chi connectivity index (χ4n) is 3.30. The first-order chi connectivity index (χ1) is 11.6. The van der Waals surface area contributed by atoms with Crippen LogP contribution in [0, 0.1) is 18.3 Å². The first-order valence-electron chi connectivity index (χ1n) is 8.70. The molecular weight excluding hydrogens is 288 g/mol. The van der Waals surface area contributed by atoms with Gasteiger partial charge in [0, 0.05) is 30.2 Å². The van der Waals surface area contributed by atoms with Gasteiger partial charge in [0.1, 0.15) is 5.57 Å². The smallest absolute Gasteiger partial charge is 0.0622 e. The first kappa shape index (κ1) is 16.4. The fraction of sp³-hybridized carbons (Fsp3) is 0.250. The minimum atomic E-state index is 0.345. The van der Waals surface area contributed by atoms with E-state index in [2.05, 4.69) is 94.5 Å². The highest BCUT2D eigenvalue weighted by atomic mass is 14.3. The van der Waals surface area contributed by atoms with Gasteiger partial charge in [-0.25, -0.2) is 0 Å². The fourth-order valence-corrected chi connectivity index (χ4v) is 3.30. The average molecular weight is 313 g/mol. The van der Waals surface area contributed by atoms with Crippen LogP contribution in [0.4, 0.5) is 0 Å². The molecule has 24 heavy (non-hydrogen) atoms. The summed E-state index contributed by atoms with van der Waals surface area (Å²) in [5.41, 5.74) is 11.6. The minimum Gasteiger partial charge on any atom is -0.0622 e. The summed E-state index contributed by atoms with van der Waals surface area (Å²) in [4.78, 5) is 0. The summed E-state index contributed by atoms with van der Waals surface area (Å²) in [6.07, 6.45) is 13.4. The summed E-state index contributed by atoms with van der Waals surface area (Å²) in [5.74, 6) is 0.844. The Morgan fingerprint density at radius 3 is 2.58 bits per heavy atom. The van der Waals surface area contributed by atoms with E-state index >= 15 is 0 Å². The zero-order chi connectivity index (χ0) is 17.1. The predicted octanol–water partition coefficient (Wildman–Crippen LogP) is 6.47. The van der Waals surface area contributed by atoms with E-state index < -0.39 is 0 Å². The number of fused-ring (bicyclic) bond motifs is 1. The Bertz CT molecular complexity index is 801. The van der Waals surface area contributed by atoms with E-state index in [9.17, 15) is 0 Å². The maximum Gasteiger partial charge on any atom is 0.117 e. The van der Waals surface area contributed by atoms with Gasteiger partial charge in [-0.15, -0.1) is 0 Å². The van der Waals surface area contributed by atoms with Crippen LogP contribution in [0.15, 0.2) is 88.2 Å². The van der Waals surface area contributed by atoms with Crippen molar-refractivity contribution in [1.29, 1.82) is 0 Å². The van der Waals surface area contributed by atoms with Crippen LogP contribution in [0.1, 0.15) is 33.3 Å². The normalized spacial score (nSPS) is 21.9. The summed E-state index contributed by atoms with van der Waals surface area (Å²) in [6, 6.07) is 10.4. The van der Waals surface area contributed by atoms with Crippen molar-refractivity contribution in [3.63, 3.8) is 0 Å². The molecule has 1 aromatic carbocycles. The molecule has 0 amide bonds. The van der Waals surface area contributed by atoms with Gasteiger partial charge in [-0.05, 0) is 23.6 Å². The molecule has 0 spiro atoms. The molecular formula is C24H25+. The van der Waals surface area contributed by atoms with Gasteiger partial charge in [0.2, 0.25) is 0 Å². The van der Waals surface area contributed by atoms with Crippen molar-refractivity contribution >= 4 is 6.08 Å². The Morgan fingerprint density at radius 1 is 1.12 bits per heavy atom. The van der Waals surface area contributed by atoms with Crippen molar-refractivity contribution in [3.05, 3.63) is 100 Å². The SMILES string of the molecule is CC1=C/C(=C\C=C\c2ccccc2)C2C1=C=C(C(C)C)[CH+]C=C2C. The van der Waals surface area contributed by atoms with E-state index in [1.165, 1.54) is 33.4 Å². The van der Waals surface area contributed by atoms with Crippen LogP contribution in [-0.2, 0) is 0 Å². The van der Waals surface area contributed by atoms with Gasteiger partial charge in [0.05, 0.1) is 17.9 Å². The monoisotopic (exact) mass is 313 g/mol. The number of hydrogen-bond acceptors (Lipinski definition) is 0. The van der Waals surface area contributed by atoms with Crippen LogP contribution >= 0.6 is 0 Å². The van der Waals surface area contributed by atoms with E-state index in [-0.39, 0.29) is 0 Å². The molecule has 0 radical (unpaired) electrons. The number of hydrogen-bond donors (Lipinski definition) is 0. The molecule has 1 aromatic rings. The molecule has 0 saturated heterocycles. The quantitative estimate of drug-likeness (QED) is 0.443. The average Bonchev–Trinajstić information content (AvgIpc) is 2.75. The van der Waals surface area contributed by atoms with Gasteiger partial charge in [-0.1, -0.05) is 68.5 Å². The van der Waals surface area contributed by atoms with Crippen LogP contribution < -0.4 is 0 Å². The molecule has 0 aliphatic heterocycles. The second-order valence-corrected chi connectivity index (χ2v) is 6.92. The standard InChI is InChI=1S/C24H25/c1-17(2)21-14-13-18(3)24-22(15-19(4)23(24)16-21)12-8-11-20-9-6-5-7-10-20/h5-15,17,24H,1-4H3/q+1/b11-8+,22-12+. The van der Waals surface area contributed by atoms with E-state index in [1.807, 2.05) is 6.07 Å². The zero-order valence-electron chi connectivity index (χ0n) is 15.0. The van der Waals surface area contributed by atoms with Gasteiger partial charge >= 0.3 is 0 Å². The molecule has 0 aromatic heterocycles. The Kier molecular flexibility index (Phi) is 4.79.